The van der Waals surface area contributed by atoms with Crippen LogP contribution < -0.4 is 5.32 Å². The van der Waals surface area contributed by atoms with E-state index in [1.807, 2.05) is 19.1 Å². The van der Waals surface area contributed by atoms with Gasteiger partial charge in [0.25, 0.3) is 5.91 Å². The summed E-state index contributed by atoms with van der Waals surface area (Å²) in [5, 5.41) is 3.25. The third-order valence-electron chi connectivity index (χ3n) is 4.01. The molecule has 0 aliphatic heterocycles. The lowest BCUT2D eigenvalue weighted by atomic mass is 9.99. The van der Waals surface area contributed by atoms with Crippen LogP contribution in [0.1, 0.15) is 38.5 Å². The summed E-state index contributed by atoms with van der Waals surface area (Å²) in [4.78, 5) is 26.0. The molecule has 1 heterocycles. The Hall–Kier alpha value is -1.85. The SMILES string of the molecule is Cc1ccc(Cl)cc1NC(=O)COC(=O)c1cc2c(s1)CCCC2. The van der Waals surface area contributed by atoms with E-state index in [0.717, 1.165) is 18.4 Å². The van der Waals surface area contributed by atoms with Crippen LogP contribution in [-0.4, -0.2) is 18.5 Å². The first-order valence-corrected chi connectivity index (χ1v) is 9.07. The monoisotopic (exact) mass is 363 g/mol. The van der Waals surface area contributed by atoms with Crippen molar-refractivity contribution < 1.29 is 14.3 Å². The first kappa shape index (κ1) is 17.0. The van der Waals surface area contributed by atoms with Crippen LogP contribution in [0.2, 0.25) is 5.02 Å². The maximum atomic E-state index is 12.1. The van der Waals surface area contributed by atoms with Crippen LogP contribution in [-0.2, 0) is 22.4 Å². The number of benzene rings is 1. The summed E-state index contributed by atoms with van der Waals surface area (Å²) in [5.74, 6) is -0.817. The van der Waals surface area contributed by atoms with Crippen molar-refractivity contribution in [3.8, 4) is 0 Å². The van der Waals surface area contributed by atoms with Crippen molar-refractivity contribution >= 4 is 40.5 Å². The fraction of sp³-hybridized carbons (Fsp3) is 0.333. The maximum absolute atomic E-state index is 12.1. The number of esters is 1. The van der Waals surface area contributed by atoms with Crippen LogP contribution in [0.5, 0.6) is 0 Å². The van der Waals surface area contributed by atoms with Crippen molar-refractivity contribution in [3.63, 3.8) is 0 Å². The predicted octanol–water partition coefficient (Wildman–Crippen LogP) is 4.38. The highest BCUT2D eigenvalue weighted by molar-refractivity contribution is 7.14. The van der Waals surface area contributed by atoms with Gasteiger partial charge in [-0.1, -0.05) is 17.7 Å². The summed E-state index contributed by atoms with van der Waals surface area (Å²) >= 11 is 7.40. The Morgan fingerprint density at radius 2 is 2.04 bits per heavy atom. The fourth-order valence-corrected chi connectivity index (χ4v) is 4.03. The molecule has 0 spiro atoms. The van der Waals surface area contributed by atoms with E-state index in [2.05, 4.69) is 5.32 Å². The summed E-state index contributed by atoms with van der Waals surface area (Å²) in [5.41, 5.74) is 2.76. The molecule has 1 amide bonds. The number of amides is 1. The number of anilines is 1. The number of nitrogens with one attached hydrogen (secondary N) is 1. The van der Waals surface area contributed by atoms with Gasteiger partial charge < -0.3 is 10.1 Å². The molecular weight excluding hydrogens is 346 g/mol. The van der Waals surface area contributed by atoms with Crippen LogP contribution in [0.25, 0.3) is 0 Å². The van der Waals surface area contributed by atoms with Gasteiger partial charge in [-0.05, 0) is 61.9 Å². The second-order valence-electron chi connectivity index (χ2n) is 5.85. The summed E-state index contributed by atoms with van der Waals surface area (Å²) in [6, 6.07) is 7.15. The largest absolute Gasteiger partial charge is 0.451 e. The average Bonchev–Trinajstić information content (AvgIpc) is 3.00. The molecule has 0 unspecified atom stereocenters. The van der Waals surface area contributed by atoms with Crippen molar-refractivity contribution in [1.29, 1.82) is 0 Å². The fourth-order valence-electron chi connectivity index (χ4n) is 2.71. The number of ether oxygens (including phenoxy) is 1. The van der Waals surface area contributed by atoms with E-state index in [4.69, 9.17) is 16.3 Å². The van der Waals surface area contributed by atoms with Crippen molar-refractivity contribution in [2.45, 2.75) is 32.6 Å². The molecule has 0 fully saturated rings. The number of carbonyl (C=O) groups is 2. The molecule has 4 nitrogen and oxygen atoms in total. The Kier molecular flexibility index (Phi) is 5.21. The van der Waals surface area contributed by atoms with E-state index in [9.17, 15) is 9.59 Å². The minimum Gasteiger partial charge on any atom is -0.451 e. The molecule has 1 N–H and O–H groups in total. The lowest BCUT2D eigenvalue weighted by Gasteiger charge is -2.09. The Bertz CT molecular complexity index is 761. The number of halogens is 1. The van der Waals surface area contributed by atoms with E-state index in [-0.39, 0.29) is 12.5 Å². The zero-order chi connectivity index (χ0) is 17.1. The Labute approximate surface area is 149 Å². The molecule has 6 heteroatoms. The molecule has 0 saturated carbocycles. The number of rotatable bonds is 4. The van der Waals surface area contributed by atoms with Gasteiger partial charge in [-0.25, -0.2) is 4.79 Å². The molecule has 0 saturated heterocycles. The molecule has 1 aromatic heterocycles. The van der Waals surface area contributed by atoms with E-state index >= 15 is 0 Å². The lowest BCUT2D eigenvalue weighted by molar-refractivity contribution is -0.119. The third-order valence-corrected chi connectivity index (χ3v) is 5.46. The number of hydrogen-bond donors (Lipinski definition) is 1. The third kappa shape index (κ3) is 3.97. The van der Waals surface area contributed by atoms with E-state index in [1.165, 1.54) is 34.6 Å². The Morgan fingerprint density at radius 3 is 2.83 bits per heavy atom. The minimum absolute atomic E-state index is 0.312. The Morgan fingerprint density at radius 1 is 1.25 bits per heavy atom. The Balaban J connectivity index is 1.56. The number of aryl methyl sites for hydroxylation is 3. The number of carbonyl (C=O) groups excluding carboxylic acids is 2. The molecular formula is C18H18ClNO3S. The van der Waals surface area contributed by atoms with Crippen LogP contribution in [0.4, 0.5) is 5.69 Å². The van der Waals surface area contributed by atoms with Gasteiger partial charge in [0.15, 0.2) is 6.61 Å². The van der Waals surface area contributed by atoms with Crippen LogP contribution in [0, 0.1) is 6.92 Å². The molecule has 126 valence electrons. The van der Waals surface area contributed by atoms with E-state index in [0.29, 0.717) is 15.6 Å². The first-order chi connectivity index (χ1) is 11.5. The average molecular weight is 364 g/mol. The van der Waals surface area contributed by atoms with Gasteiger partial charge in [-0.3, -0.25) is 4.79 Å². The highest BCUT2D eigenvalue weighted by Crippen LogP contribution is 2.30. The zero-order valence-electron chi connectivity index (χ0n) is 13.4. The van der Waals surface area contributed by atoms with Crippen molar-refractivity contribution in [2.24, 2.45) is 0 Å². The molecule has 0 atom stereocenters. The number of fused-ring (bicyclic) bond motifs is 1. The quantitative estimate of drug-likeness (QED) is 0.820. The number of thiophene rings is 1. The van der Waals surface area contributed by atoms with Gasteiger partial charge in [0.1, 0.15) is 4.88 Å². The smallest absolute Gasteiger partial charge is 0.348 e. The second kappa shape index (κ2) is 7.36. The normalized spacial score (nSPS) is 13.2. The van der Waals surface area contributed by atoms with Crippen molar-refractivity contribution in [1.82, 2.24) is 0 Å². The van der Waals surface area contributed by atoms with Crippen LogP contribution in [0.15, 0.2) is 24.3 Å². The molecule has 24 heavy (non-hydrogen) atoms. The van der Waals surface area contributed by atoms with Crippen LogP contribution in [0.3, 0.4) is 0 Å². The van der Waals surface area contributed by atoms with Gasteiger partial charge in [-0.2, -0.15) is 0 Å². The topological polar surface area (TPSA) is 55.4 Å². The summed E-state index contributed by atoms with van der Waals surface area (Å²) in [6.45, 7) is 1.56. The van der Waals surface area contributed by atoms with E-state index < -0.39 is 5.97 Å². The maximum Gasteiger partial charge on any atom is 0.348 e. The molecule has 1 aliphatic carbocycles. The van der Waals surface area contributed by atoms with Gasteiger partial charge in [0.05, 0.1) is 0 Å². The van der Waals surface area contributed by atoms with Gasteiger partial charge >= 0.3 is 5.97 Å². The van der Waals surface area contributed by atoms with E-state index in [1.54, 1.807) is 12.1 Å². The highest BCUT2D eigenvalue weighted by atomic mass is 35.5. The first-order valence-electron chi connectivity index (χ1n) is 7.87. The number of hydrogen-bond acceptors (Lipinski definition) is 4. The lowest BCUT2D eigenvalue weighted by Crippen LogP contribution is -2.21. The molecule has 0 radical (unpaired) electrons. The zero-order valence-corrected chi connectivity index (χ0v) is 14.9. The molecule has 1 aliphatic rings. The van der Waals surface area contributed by atoms with Crippen molar-refractivity contribution in [2.75, 3.05) is 11.9 Å². The molecule has 2 aromatic rings. The van der Waals surface area contributed by atoms with Gasteiger partial charge in [-0.15, -0.1) is 11.3 Å². The predicted molar refractivity (Wildman–Crippen MR) is 96.1 cm³/mol. The molecule has 0 bridgehead atoms. The second-order valence-corrected chi connectivity index (χ2v) is 7.42. The molecule has 3 rings (SSSR count). The van der Waals surface area contributed by atoms with Gasteiger partial charge in [0, 0.05) is 15.6 Å². The summed E-state index contributed by atoms with van der Waals surface area (Å²) in [7, 11) is 0. The van der Waals surface area contributed by atoms with Crippen molar-refractivity contribution in [3.05, 3.63) is 50.2 Å². The minimum atomic E-state index is -0.438. The molecule has 1 aromatic carbocycles. The van der Waals surface area contributed by atoms with Gasteiger partial charge in [0.2, 0.25) is 0 Å². The standard InChI is InChI=1S/C18H18ClNO3S/c1-11-6-7-13(19)9-14(11)20-17(21)10-23-18(22)16-8-12-4-2-3-5-15(12)24-16/h6-9H,2-5,10H2,1H3,(H,20,21). The summed E-state index contributed by atoms with van der Waals surface area (Å²) < 4.78 is 5.14. The highest BCUT2D eigenvalue weighted by Gasteiger charge is 2.19. The summed E-state index contributed by atoms with van der Waals surface area (Å²) in [6.07, 6.45) is 4.39. The van der Waals surface area contributed by atoms with Crippen LogP contribution >= 0.6 is 22.9 Å².